The second-order valence-corrected chi connectivity index (χ2v) is 14.8. The zero-order valence-corrected chi connectivity index (χ0v) is 44.4. The fourth-order valence-corrected chi connectivity index (χ4v) is 4.82. The Bertz CT molecular complexity index is 2020. The van der Waals surface area contributed by atoms with Gasteiger partial charge in [-0.3, -0.25) is 7.32 Å². The van der Waals surface area contributed by atoms with E-state index in [2.05, 4.69) is 168 Å². The molecular weight excluding hydrogens is 935 g/mol. The Hall–Kier alpha value is -7.71. The average molecular weight is 1010 g/mol. The summed E-state index contributed by atoms with van der Waals surface area (Å²) >= 11 is 0. The van der Waals surface area contributed by atoms with Crippen molar-refractivity contribution in [2.24, 2.45) is 49.3 Å². The Morgan fingerprint density at radius 2 is 0.403 bits per heavy atom. The summed E-state index contributed by atoms with van der Waals surface area (Å²) in [4.78, 5) is 35.7. The normalized spacial score (nSPS) is 9.18. The molecule has 400 valence electrons. The van der Waals surface area contributed by atoms with E-state index in [1.165, 1.54) is 0 Å². The van der Waals surface area contributed by atoms with Gasteiger partial charge < -0.3 is 54.7 Å². The highest BCUT2D eigenvalue weighted by Crippen LogP contribution is 1.83. The van der Waals surface area contributed by atoms with Gasteiger partial charge in [-0.05, 0) is 48.5 Å². The molecule has 0 radical (unpaired) electrons. The Morgan fingerprint density at radius 1 is 0.306 bits per heavy atom. The zero-order chi connectivity index (χ0) is 55.8. The molecule has 0 amide bonds. The van der Waals surface area contributed by atoms with Crippen LogP contribution in [0.5, 0.6) is 0 Å². The van der Waals surface area contributed by atoms with Crippen LogP contribution >= 0.6 is 0 Å². The quantitative estimate of drug-likeness (QED) is 0.0821. The summed E-state index contributed by atoms with van der Waals surface area (Å²) < 4.78 is 29.1. The van der Waals surface area contributed by atoms with Crippen molar-refractivity contribution < 1.29 is 86.6 Å². The predicted molar refractivity (Wildman–Crippen MR) is 245 cm³/mol. The Morgan fingerprint density at radius 3 is 0.431 bits per heavy atom. The maximum absolute atomic E-state index is 8.93. The molecule has 7 rings (SSSR count). The molecule has 26 heteroatoms. The first kappa shape index (κ1) is 68.6. The number of aromatic nitrogens is 14. The van der Waals surface area contributed by atoms with E-state index in [-0.39, 0.29) is 0 Å². The van der Waals surface area contributed by atoms with Crippen molar-refractivity contribution in [1.29, 1.82) is 0 Å². The predicted octanol–water partition coefficient (Wildman–Crippen LogP) is -8.65. The van der Waals surface area contributed by atoms with Crippen molar-refractivity contribution in [2.45, 2.75) is 94.3 Å². The molecule has 7 heterocycles. The fourth-order valence-electron chi connectivity index (χ4n) is 4.82. The molecule has 7 aromatic heterocycles. The first-order chi connectivity index (χ1) is 33.8. The standard InChI is InChI=1S/7C6H11N2.2C2H2O4.BO3/c7*1-3-8-5-4-7(2)6-8;2*3-1(4)2(5)6;2-1(3)4/h7*4-6H,3H2,1-2H3;2*(H,3,4)(H,5,6);/q7*+1;;;-3/p-4. The van der Waals surface area contributed by atoms with E-state index in [4.69, 9.17) is 54.7 Å². The van der Waals surface area contributed by atoms with Gasteiger partial charge in [-0.2, -0.15) is 0 Å². The summed E-state index contributed by atoms with van der Waals surface area (Å²) in [5.74, 6) is -8.74. The van der Waals surface area contributed by atoms with Crippen LogP contribution in [0.3, 0.4) is 0 Å². The molecule has 0 N–H and O–H groups in total. The molecule has 0 atom stereocenters. The van der Waals surface area contributed by atoms with Gasteiger partial charge in [0.2, 0.25) is 44.3 Å². The molecule has 7 aromatic rings. The monoisotopic (exact) mass is 1010 g/mol. The van der Waals surface area contributed by atoms with Crippen LogP contribution in [0.25, 0.3) is 0 Å². The number of carbonyl (C=O) groups is 4. The van der Waals surface area contributed by atoms with Gasteiger partial charge in [0.25, 0.3) is 0 Å². The van der Waals surface area contributed by atoms with Crippen molar-refractivity contribution in [3.8, 4) is 0 Å². The van der Waals surface area contributed by atoms with E-state index >= 15 is 0 Å². The largest absolute Gasteiger partial charge is 0.907 e. The maximum atomic E-state index is 8.93. The Balaban J connectivity index is -0.000000739. The number of imidazole rings is 7. The molecule has 72 heavy (non-hydrogen) atoms. The van der Waals surface area contributed by atoms with E-state index in [1.807, 2.05) is 125 Å². The van der Waals surface area contributed by atoms with Crippen LogP contribution < -0.4 is 67.5 Å². The number of aryl methyl sites for hydroxylation is 14. The third kappa shape index (κ3) is 39.2. The van der Waals surface area contributed by atoms with Gasteiger partial charge in [-0.15, -0.1) is 0 Å². The highest BCUT2D eigenvalue weighted by Gasteiger charge is 1.96. The molecule has 0 unspecified atom stereocenters. The number of aliphatic carboxylic acids is 4. The third-order valence-electron chi connectivity index (χ3n) is 8.66. The maximum Gasteiger partial charge on any atom is 0.243 e. The molecule has 0 aliphatic heterocycles. The van der Waals surface area contributed by atoms with Crippen molar-refractivity contribution in [2.75, 3.05) is 0 Å². The van der Waals surface area contributed by atoms with Crippen LogP contribution in [-0.2, 0) is 114 Å². The lowest BCUT2D eigenvalue weighted by atomic mass is 10.3. The number of carboxylic acids is 4. The van der Waals surface area contributed by atoms with E-state index in [0.717, 1.165) is 45.8 Å². The van der Waals surface area contributed by atoms with Crippen LogP contribution in [0.15, 0.2) is 131 Å². The lowest BCUT2D eigenvalue weighted by molar-refractivity contribution is -0.671. The van der Waals surface area contributed by atoms with Crippen molar-refractivity contribution in [1.82, 2.24) is 32.0 Å². The second-order valence-electron chi connectivity index (χ2n) is 14.8. The lowest BCUT2D eigenvalue weighted by Gasteiger charge is -2.35. The molecule has 0 fully saturated rings. The summed E-state index contributed by atoms with van der Waals surface area (Å²) in [5, 5.41) is 61.0. The van der Waals surface area contributed by atoms with Crippen molar-refractivity contribution in [3.05, 3.63) is 131 Å². The number of hydrogen-bond donors (Lipinski definition) is 0. The zero-order valence-electron chi connectivity index (χ0n) is 44.4. The van der Waals surface area contributed by atoms with Crippen molar-refractivity contribution in [3.63, 3.8) is 0 Å². The smallest absolute Gasteiger partial charge is 0.243 e. The Labute approximate surface area is 423 Å². The Kier molecular flexibility index (Phi) is 39.1. The minimum absolute atomic E-state index is 1.06. The summed E-state index contributed by atoms with van der Waals surface area (Å²) in [6.45, 7) is 22.3. The number of rotatable bonds is 7. The molecule has 0 bridgehead atoms. The highest BCUT2D eigenvalue weighted by atomic mass is 16.5. The SMILES string of the molecule is CCn1cc[n+](C)c1.CCn1cc[n+](C)c1.CCn1cc[n+](C)c1.CCn1cc[n+](C)c1.CCn1cc[n+](C)c1.CCn1cc[n+](C)c1.CCn1cc[n+](C)c1.O=C([O-])C(=O)[O-].O=C([O-])C(=O)[O-].[O-]B([O-])[O-]. The van der Waals surface area contributed by atoms with E-state index in [0.29, 0.717) is 0 Å². The topological polar surface area (TPSA) is 291 Å². The van der Waals surface area contributed by atoms with Crippen molar-refractivity contribution >= 4 is 31.2 Å². The fraction of sp³-hybridized carbons (Fsp3) is 0.457. The lowest BCUT2D eigenvalue weighted by Crippen LogP contribution is -2.56. The first-order valence-corrected chi connectivity index (χ1v) is 22.7. The third-order valence-corrected chi connectivity index (χ3v) is 8.66. The summed E-state index contributed by atoms with van der Waals surface area (Å²) in [6.07, 6.45) is 43.0. The van der Waals surface area contributed by atoms with Crippen LogP contribution in [0.4, 0.5) is 0 Å². The average Bonchev–Trinajstić information content (AvgIpc) is 4.22. The van der Waals surface area contributed by atoms with Gasteiger partial charge in [0.05, 0.1) is 119 Å². The summed E-state index contributed by atoms with van der Waals surface area (Å²) in [5.41, 5.74) is 0. The van der Waals surface area contributed by atoms with E-state index in [1.54, 1.807) is 0 Å². The molecule has 0 aliphatic rings. The number of nitrogens with zero attached hydrogens (tertiary/aromatic N) is 14. The van der Waals surface area contributed by atoms with Crippen LogP contribution in [-0.4, -0.2) is 63.2 Å². The van der Waals surface area contributed by atoms with Gasteiger partial charge in [0.15, 0.2) is 0 Å². The molecule has 0 spiro atoms. The first-order valence-electron chi connectivity index (χ1n) is 22.7. The minimum atomic E-state index is -2.92. The van der Waals surface area contributed by atoms with Gasteiger partial charge >= 0.3 is 0 Å². The van der Waals surface area contributed by atoms with E-state index in [9.17, 15) is 0 Å². The summed E-state index contributed by atoms with van der Waals surface area (Å²) in [6, 6.07) is 0. The second kappa shape index (κ2) is 41.1. The molecule has 0 aromatic carbocycles. The molecule has 0 saturated carbocycles. The summed E-state index contributed by atoms with van der Waals surface area (Å²) in [7, 11) is 11.2. The van der Waals surface area contributed by atoms with Gasteiger partial charge in [-0.1, -0.05) is 0 Å². The minimum Gasteiger partial charge on any atom is -0.907 e. The van der Waals surface area contributed by atoms with Crippen LogP contribution in [0.1, 0.15) is 48.5 Å². The van der Waals surface area contributed by atoms with Crippen LogP contribution in [0.2, 0.25) is 0 Å². The number of hydrogen-bond acceptors (Lipinski definition) is 11. The van der Waals surface area contributed by atoms with Gasteiger partial charge in [0, 0.05) is 0 Å². The van der Waals surface area contributed by atoms with Gasteiger partial charge in [0.1, 0.15) is 86.8 Å². The number of carbonyl (C=O) groups excluding carboxylic acids is 4. The van der Waals surface area contributed by atoms with Crippen LogP contribution in [0, 0.1) is 0 Å². The molecular formula is C46H77BN14O11. The van der Waals surface area contributed by atoms with E-state index < -0.39 is 31.2 Å². The number of carboxylic acid groups (broad SMARTS) is 4. The molecule has 25 nitrogen and oxygen atoms in total. The van der Waals surface area contributed by atoms with Gasteiger partial charge in [-0.25, -0.2) is 63.9 Å². The molecule has 0 saturated heterocycles. The highest BCUT2D eigenvalue weighted by molar-refractivity contribution is 6.25. The molecule has 0 aliphatic carbocycles.